The van der Waals surface area contributed by atoms with Crippen molar-refractivity contribution in [1.29, 1.82) is 0 Å². The second-order valence-corrected chi connectivity index (χ2v) is 8.29. The fraction of sp³-hybridized carbons (Fsp3) is 0.241. The molecule has 0 radical (unpaired) electrons. The predicted molar refractivity (Wildman–Crippen MR) is 143 cm³/mol. The monoisotopic (exact) mass is 454 g/mol. The van der Waals surface area contributed by atoms with E-state index in [1.165, 1.54) is 19.3 Å². The Bertz CT molecular complexity index is 1180. The average Bonchev–Trinajstić information content (AvgIpc) is 2.85. The predicted octanol–water partition coefficient (Wildman–Crippen LogP) is 6.42. The highest BCUT2D eigenvalue weighted by molar-refractivity contribution is 6.08. The zero-order valence-corrected chi connectivity index (χ0v) is 20.3. The van der Waals surface area contributed by atoms with E-state index in [1.807, 2.05) is 67.6 Å². The van der Waals surface area contributed by atoms with Crippen LogP contribution in [0, 0.1) is 6.92 Å². The second kappa shape index (κ2) is 11.8. The summed E-state index contributed by atoms with van der Waals surface area (Å²) in [6.45, 7) is 10.7. The molecule has 1 aliphatic rings. The van der Waals surface area contributed by atoms with Gasteiger partial charge < -0.3 is 16.4 Å². The number of rotatable bonds is 6. The molecule has 5 nitrogen and oxygen atoms in total. The summed E-state index contributed by atoms with van der Waals surface area (Å²) >= 11 is 0. The van der Waals surface area contributed by atoms with Crippen LogP contribution in [0.3, 0.4) is 0 Å². The highest BCUT2D eigenvalue weighted by Gasteiger charge is 2.24. The molecule has 0 spiro atoms. The van der Waals surface area contributed by atoms with E-state index >= 15 is 0 Å². The maximum atomic E-state index is 11.9. The third-order valence-corrected chi connectivity index (χ3v) is 5.70. The summed E-state index contributed by atoms with van der Waals surface area (Å²) < 4.78 is 0. The van der Waals surface area contributed by atoms with E-state index in [1.54, 1.807) is 12.1 Å². The lowest BCUT2D eigenvalue weighted by atomic mass is 10.0. The first kappa shape index (κ1) is 24.8. The first-order valence-corrected chi connectivity index (χ1v) is 11.8. The van der Waals surface area contributed by atoms with Crippen LogP contribution in [-0.4, -0.2) is 11.7 Å². The lowest BCUT2D eigenvalue weighted by Gasteiger charge is -2.28. The molecule has 176 valence electrons. The van der Waals surface area contributed by atoms with Gasteiger partial charge in [0.1, 0.15) is 12.0 Å². The maximum absolute atomic E-state index is 11.9. The first-order valence-electron chi connectivity index (χ1n) is 11.8. The molecule has 3 aromatic carbocycles. The molecule has 1 atom stereocenters. The van der Waals surface area contributed by atoms with Gasteiger partial charge in [-0.3, -0.25) is 4.79 Å². The summed E-state index contributed by atoms with van der Waals surface area (Å²) in [4.78, 5) is 16.8. The standard InChI is InChI=1S/C24H22N4O.C5H12/c1-15-9-3-4-10-17(15)16(2)26-24-20-13-7-8-14-21(20)27-23(28-24)19-12-6-5-11-18(19)22(25)29;1-3-5-4-2/h3-14,23,27H,2H2,1H3,(H2,25,29)(H,26,28);3-5H2,1-2H3. The van der Waals surface area contributed by atoms with Crippen molar-refractivity contribution in [2.24, 2.45) is 10.7 Å². The van der Waals surface area contributed by atoms with E-state index in [2.05, 4.69) is 31.1 Å². The Morgan fingerprint density at radius 3 is 2.24 bits per heavy atom. The molecule has 1 heterocycles. The molecule has 0 aromatic heterocycles. The van der Waals surface area contributed by atoms with E-state index in [0.717, 1.165) is 33.6 Å². The van der Waals surface area contributed by atoms with Crippen molar-refractivity contribution in [1.82, 2.24) is 5.32 Å². The first-order chi connectivity index (χ1) is 16.5. The number of nitrogens with two attached hydrogens (primary N) is 1. The lowest BCUT2D eigenvalue weighted by molar-refractivity contribution is 0.0999. The van der Waals surface area contributed by atoms with Gasteiger partial charge in [0, 0.05) is 33.6 Å². The van der Waals surface area contributed by atoms with Crippen molar-refractivity contribution < 1.29 is 4.79 Å². The van der Waals surface area contributed by atoms with Crippen molar-refractivity contribution >= 4 is 23.1 Å². The van der Waals surface area contributed by atoms with E-state index in [-0.39, 0.29) is 0 Å². The van der Waals surface area contributed by atoms with Crippen molar-refractivity contribution in [3.8, 4) is 0 Å². The van der Waals surface area contributed by atoms with Crippen LogP contribution in [0.1, 0.15) is 71.9 Å². The molecule has 4 N–H and O–H groups in total. The minimum absolute atomic E-state index is 0.444. The van der Waals surface area contributed by atoms with Crippen molar-refractivity contribution in [3.63, 3.8) is 0 Å². The molecule has 1 aliphatic heterocycles. The van der Waals surface area contributed by atoms with Crippen LogP contribution in [0.2, 0.25) is 0 Å². The topological polar surface area (TPSA) is 79.5 Å². The molecule has 1 amide bonds. The van der Waals surface area contributed by atoms with Crippen LogP contribution < -0.4 is 16.4 Å². The summed E-state index contributed by atoms with van der Waals surface area (Å²) in [7, 11) is 0. The molecule has 4 rings (SSSR count). The van der Waals surface area contributed by atoms with Gasteiger partial charge in [-0.15, -0.1) is 0 Å². The molecule has 3 aromatic rings. The third-order valence-electron chi connectivity index (χ3n) is 5.70. The van der Waals surface area contributed by atoms with Gasteiger partial charge in [-0.25, -0.2) is 4.99 Å². The normalized spacial score (nSPS) is 14.0. The number of nitrogens with one attached hydrogen (secondary N) is 2. The SMILES string of the molecule is C=C(NC1=NC(c2ccccc2C(N)=O)Nc2ccccc21)c1ccccc1C.CCCCC. The third kappa shape index (κ3) is 5.93. The Morgan fingerprint density at radius 1 is 0.971 bits per heavy atom. The number of hydrogen-bond donors (Lipinski definition) is 3. The summed E-state index contributed by atoms with van der Waals surface area (Å²) in [5.74, 6) is 0.215. The summed E-state index contributed by atoms with van der Waals surface area (Å²) in [5.41, 5.74) is 11.5. The Hall–Kier alpha value is -3.86. The Balaban J connectivity index is 0.000000588. The van der Waals surface area contributed by atoms with Crippen molar-refractivity contribution in [2.45, 2.75) is 46.2 Å². The number of aryl methyl sites for hydroxylation is 1. The van der Waals surface area contributed by atoms with Crippen LogP contribution in [-0.2, 0) is 0 Å². The minimum Gasteiger partial charge on any atom is -0.366 e. The quantitative estimate of drug-likeness (QED) is 0.402. The molecule has 1 unspecified atom stereocenters. The number of hydrogen-bond acceptors (Lipinski definition) is 4. The number of carbonyl (C=O) groups excluding carboxylic acids is 1. The molecule has 0 saturated carbocycles. The number of para-hydroxylation sites is 1. The van der Waals surface area contributed by atoms with Gasteiger partial charge in [-0.1, -0.05) is 94.3 Å². The highest BCUT2D eigenvalue weighted by atomic mass is 16.1. The number of carbonyl (C=O) groups is 1. The van der Waals surface area contributed by atoms with Crippen LogP contribution in [0.5, 0.6) is 0 Å². The van der Waals surface area contributed by atoms with Crippen LogP contribution in [0.25, 0.3) is 5.70 Å². The molecule has 5 heteroatoms. The number of amides is 1. The van der Waals surface area contributed by atoms with E-state index < -0.39 is 12.1 Å². The Morgan fingerprint density at radius 2 is 1.59 bits per heavy atom. The number of benzene rings is 3. The molecule has 0 aliphatic carbocycles. The van der Waals surface area contributed by atoms with Gasteiger partial charge in [0.25, 0.3) is 0 Å². The fourth-order valence-electron chi connectivity index (χ4n) is 3.88. The van der Waals surface area contributed by atoms with Gasteiger partial charge in [-0.2, -0.15) is 0 Å². The van der Waals surface area contributed by atoms with Crippen LogP contribution >= 0.6 is 0 Å². The molecule has 0 fully saturated rings. The smallest absolute Gasteiger partial charge is 0.249 e. The zero-order chi connectivity index (χ0) is 24.5. The molecular weight excluding hydrogens is 420 g/mol. The number of primary amides is 1. The lowest BCUT2D eigenvalue weighted by Crippen LogP contribution is -2.30. The number of fused-ring (bicyclic) bond motifs is 1. The number of unbranched alkanes of at least 4 members (excludes halogenated alkanes) is 2. The fourth-order valence-corrected chi connectivity index (χ4v) is 3.88. The Labute approximate surface area is 202 Å². The average molecular weight is 455 g/mol. The zero-order valence-electron chi connectivity index (χ0n) is 20.3. The van der Waals surface area contributed by atoms with Crippen molar-refractivity contribution in [2.75, 3.05) is 5.32 Å². The van der Waals surface area contributed by atoms with Crippen molar-refractivity contribution in [3.05, 3.63) is 107 Å². The second-order valence-electron chi connectivity index (χ2n) is 8.29. The van der Waals surface area contributed by atoms with Crippen LogP contribution in [0.4, 0.5) is 5.69 Å². The number of anilines is 1. The minimum atomic E-state index is -0.477. The number of amidine groups is 1. The summed E-state index contributed by atoms with van der Waals surface area (Å²) in [6, 6.07) is 23.2. The summed E-state index contributed by atoms with van der Waals surface area (Å²) in [6.07, 6.45) is 3.63. The van der Waals surface area contributed by atoms with E-state index in [4.69, 9.17) is 10.7 Å². The Kier molecular flexibility index (Phi) is 8.63. The maximum Gasteiger partial charge on any atom is 0.249 e. The van der Waals surface area contributed by atoms with Gasteiger partial charge in [0.05, 0.1) is 0 Å². The highest BCUT2D eigenvalue weighted by Crippen LogP contribution is 2.31. The molecule has 0 saturated heterocycles. The van der Waals surface area contributed by atoms with E-state index in [0.29, 0.717) is 11.4 Å². The number of aliphatic imine (C=N–C) groups is 1. The van der Waals surface area contributed by atoms with Crippen LogP contribution in [0.15, 0.2) is 84.4 Å². The molecule has 0 bridgehead atoms. The van der Waals surface area contributed by atoms with Gasteiger partial charge in [0.2, 0.25) is 5.91 Å². The number of nitrogens with zero attached hydrogens (tertiary/aromatic N) is 1. The van der Waals surface area contributed by atoms with Gasteiger partial charge in [-0.05, 0) is 30.7 Å². The van der Waals surface area contributed by atoms with Gasteiger partial charge >= 0.3 is 0 Å². The summed E-state index contributed by atoms with van der Waals surface area (Å²) in [5, 5.41) is 6.78. The van der Waals surface area contributed by atoms with Gasteiger partial charge in [0.15, 0.2) is 0 Å². The molecular formula is C29H34N4O. The molecule has 34 heavy (non-hydrogen) atoms. The van der Waals surface area contributed by atoms with E-state index in [9.17, 15) is 4.79 Å². The largest absolute Gasteiger partial charge is 0.366 e.